The normalized spacial score (nSPS) is 17.1. The summed E-state index contributed by atoms with van der Waals surface area (Å²) in [6.45, 7) is 1.81. The Morgan fingerprint density at radius 1 is 1.03 bits per heavy atom. The minimum absolute atomic E-state index is 0.104. The summed E-state index contributed by atoms with van der Waals surface area (Å²) in [5, 5.41) is 11.6. The lowest BCUT2D eigenvalue weighted by molar-refractivity contribution is -0.132. The van der Waals surface area contributed by atoms with Gasteiger partial charge in [-0.15, -0.1) is 0 Å². The summed E-state index contributed by atoms with van der Waals surface area (Å²) in [7, 11) is 3.09. The molecule has 36 heavy (non-hydrogen) atoms. The third-order valence-corrected chi connectivity index (χ3v) is 7.11. The molecule has 3 aromatic carbocycles. The van der Waals surface area contributed by atoms with Crippen LogP contribution in [-0.2, 0) is 9.59 Å². The molecule has 2 heterocycles. The van der Waals surface area contributed by atoms with Crippen molar-refractivity contribution < 1.29 is 28.6 Å². The van der Waals surface area contributed by atoms with Crippen LogP contribution in [0.5, 0.6) is 11.5 Å². The van der Waals surface area contributed by atoms with E-state index in [1.807, 2.05) is 0 Å². The van der Waals surface area contributed by atoms with Crippen molar-refractivity contribution in [2.75, 3.05) is 19.1 Å². The summed E-state index contributed by atoms with van der Waals surface area (Å²) in [6.07, 6.45) is 0. The second-order valence-corrected chi connectivity index (χ2v) is 9.24. The van der Waals surface area contributed by atoms with Crippen molar-refractivity contribution in [2.24, 2.45) is 0 Å². The van der Waals surface area contributed by atoms with Gasteiger partial charge in [0.2, 0.25) is 0 Å². The third kappa shape index (κ3) is 3.87. The average Bonchev–Trinajstić information content (AvgIpc) is 3.41. The zero-order chi connectivity index (χ0) is 25.6. The Hall–Kier alpha value is -4.24. The predicted octanol–water partition coefficient (Wildman–Crippen LogP) is 5.39. The molecular formula is C27H21FN2O5S. The number of ketones is 1. The SMILES string of the molecule is COc1ccc2nc(N3C(=O)C(=O)/C(=C(/O)c4ccc(OC)c(C)c4)[C@@H]3c3ccc(F)cc3)sc2c1. The Morgan fingerprint density at radius 3 is 2.44 bits per heavy atom. The maximum Gasteiger partial charge on any atom is 0.301 e. The number of fused-ring (bicyclic) bond motifs is 1. The number of hydrogen-bond donors (Lipinski definition) is 1. The fourth-order valence-electron chi connectivity index (χ4n) is 4.29. The van der Waals surface area contributed by atoms with Gasteiger partial charge in [0, 0.05) is 5.56 Å². The van der Waals surface area contributed by atoms with Gasteiger partial charge in [0.15, 0.2) is 5.13 Å². The molecule has 1 aliphatic heterocycles. The number of aliphatic hydroxyl groups is 1. The molecule has 0 bridgehead atoms. The number of methoxy groups -OCH3 is 2. The van der Waals surface area contributed by atoms with E-state index in [-0.39, 0.29) is 16.5 Å². The highest BCUT2D eigenvalue weighted by Gasteiger charge is 2.48. The molecule has 1 amide bonds. The van der Waals surface area contributed by atoms with Crippen molar-refractivity contribution in [3.63, 3.8) is 0 Å². The topological polar surface area (TPSA) is 89.0 Å². The van der Waals surface area contributed by atoms with Crippen LogP contribution in [0.2, 0.25) is 0 Å². The number of amides is 1. The number of rotatable bonds is 5. The van der Waals surface area contributed by atoms with E-state index in [9.17, 15) is 19.1 Å². The summed E-state index contributed by atoms with van der Waals surface area (Å²) in [5.41, 5.74) is 2.08. The molecule has 4 aromatic rings. The molecule has 0 spiro atoms. The van der Waals surface area contributed by atoms with Gasteiger partial charge >= 0.3 is 5.91 Å². The van der Waals surface area contributed by atoms with Crippen LogP contribution in [-0.4, -0.2) is 36.0 Å². The van der Waals surface area contributed by atoms with E-state index in [1.165, 1.54) is 47.6 Å². The van der Waals surface area contributed by atoms with Crippen LogP contribution in [0.1, 0.15) is 22.7 Å². The van der Waals surface area contributed by atoms with Crippen molar-refractivity contribution in [3.8, 4) is 11.5 Å². The van der Waals surface area contributed by atoms with Crippen molar-refractivity contribution in [3.05, 3.63) is 88.7 Å². The number of benzene rings is 3. The van der Waals surface area contributed by atoms with Gasteiger partial charge in [-0.3, -0.25) is 14.5 Å². The molecule has 1 aromatic heterocycles. The van der Waals surface area contributed by atoms with Crippen molar-refractivity contribution in [1.29, 1.82) is 0 Å². The van der Waals surface area contributed by atoms with Gasteiger partial charge in [-0.2, -0.15) is 0 Å². The van der Waals surface area contributed by atoms with E-state index in [0.717, 1.165) is 10.3 Å². The number of carbonyl (C=O) groups excluding carboxylic acids is 2. The van der Waals surface area contributed by atoms with Crippen LogP contribution in [0.3, 0.4) is 0 Å². The maximum atomic E-state index is 13.8. The molecule has 0 radical (unpaired) electrons. The van der Waals surface area contributed by atoms with Crippen molar-refractivity contribution in [2.45, 2.75) is 13.0 Å². The predicted molar refractivity (Wildman–Crippen MR) is 135 cm³/mol. The second-order valence-electron chi connectivity index (χ2n) is 8.24. The van der Waals surface area contributed by atoms with Crippen LogP contribution >= 0.6 is 11.3 Å². The molecule has 0 unspecified atom stereocenters. The fraction of sp³-hybridized carbons (Fsp3) is 0.148. The summed E-state index contributed by atoms with van der Waals surface area (Å²) in [5.74, 6) is -1.24. The Bertz CT molecular complexity index is 1540. The molecule has 182 valence electrons. The summed E-state index contributed by atoms with van der Waals surface area (Å²) in [6, 6.07) is 14.7. The first-order valence-corrected chi connectivity index (χ1v) is 11.8. The molecule has 5 rings (SSSR count). The average molecular weight is 505 g/mol. The summed E-state index contributed by atoms with van der Waals surface area (Å²) >= 11 is 1.22. The smallest absolute Gasteiger partial charge is 0.301 e. The van der Waals surface area contributed by atoms with Gasteiger partial charge in [0.05, 0.1) is 36.1 Å². The Morgan fingerprint density at radius 2 is 1.78 bits per heavy atom. The van der Waals surface area contributed by atoms with Gasteiger partial charge in [-0.1, -0.05) is 23.5 Å². The van der Waals surface area contributed by atoms with Crippen LogP contribution in [0.25, 0.3) is 16.0 Å². The lowest BCUT2D eigenvalue weighted by Gasteiger charge is -2.23. The standard InChI is InChI=1S/C27H21FN2O5S/c1-14-12-16(6-11-20(14)35-3)24(31)22-23(15-4-7-17(28)8-5-15)30(26(33)25(22)32)27-29-19-10-9-18(34-2)13-21(19)36-27/h4-13,23,31H,1-3H3/b24-22+/t23-/m0/s1. The van der Waals surface area contributed by atoms with Crippen LogP contribution in [0.4, 0.5) is 9.52 Å². The number of aryl methyl sites for hydroxylation is 1. The number of hydrogen-bond acceptors (Lipinski definition) is 7. The van der Waals surface area contributed by atoms with E-state index < -0.39 is 23.5 Å². The number of Topliss-reactive ketones (excluding diaryl/α,β-unsaturated/α-hetero) is 1. The Labute approximate surface area is 210 Å². The minimum atomic E-state index is -1.00. The van der Waals surface area contributed by atoms with E-state index in [4.69, 9.17) is 9.47 Å². The molecule has 9 heteroatoms. The fourth-order valence-corrected chi connectivity index (χ4v) is 5.32. The lowest BCUT2D eigenvalue weighted by atomic mass is 9.95. The minimum Gasteiger partial charge on any atom is -0.507 e. The maximum absolute atomic E-state index is 13.8. The monoisotopic (exact) mass is 504 g/mol. The van der Waals surface area contributed by atoms with Crippen LogP contribution in [0.15, 0.2) is 66.2 Å². The van der Waals surface area contributed by atoms with E-state index in [1.54, 1.807) is 50.4 Å². The second kappa shape index (κ2) is 9.09. The van der Waals surface area contributed by atoms with Gasteiger partial charge in [0.1, 0.15) is 23.1 Å². The molecule has 1 aliphatic rings. The first-order chi connectivity index (χ1) is 17.3. The zero-order valence-electron chi connectivity index (χ0n) is 19.6. The molecule has 1 fully saturated rings. The van der Waals surface area contributed by atoms with Crippen molar-refractivity contribution >= 4 is 44.1 Å². The van der Waals surface area contributed by atoms with E-state index >= 15 is 0 Å². The highest BCUT2D eigenvalue weighted by atomic mass is 32.1. The highest BCUT2D eigenvalue weighted by Crippen LogP contribution is 2.44. The number of aliphatic hydroxyl groups excluding tert-OH is 1. The van der Waals surface area contributed by atoms with Crippen molar-refractivity contribution in [1.82, 2.24) is 4.98 Å². The number of nitrogens with zero attached hydrogens (tertiary/aromatic N) is 2. The number of thiazole rings is 1. The first-order valence-electron chi connectivity index (χ1n) is 11.0. The number of carbonyl (C=O) groups is 2. The number of halogens is 1. The molecule has 0 aliphatic carbocycles. The third-order valence-electron chi connectivity index (χ3n) is 6.09. The number of aromatic nitrogens is 1. The van der Waals surface area contributed by atoms with Gasteiger partial charge in [-0.05, 0) is 66.6 Å². The quantitative estimate of drug-likeness (QED) is 0.223. The highest BCUT2D eigenvalue weighted by molar-refractivity contribution is 7.22. The molecule has 1 N–H and O–H groups in total. The number of ether oxygens (including phenoxy) is 2. The molecule has 1 saturated heterocycles. The van der Waals surface area contributed by atoms with Crippen LogP contribution in [0, 0.1) is 12.7 Å². The summed E-state index contributed by atoms with van der Waals surface area (Å²) < 4.78 is 25.1. The molecule has 0 saturated carbocycles. The molecular weight excluding hydrogens is 483 g/mol. The molecule has 1 atom stereocenters. The van der Waals surface area contributed by atoms with Crippen LogP contribution < -0.4 is 14.4 Å². The Kier molecular flexibility index (Phi) is 5.93. The zero-order valence-corrected chi connectivity index (χ0v) is 20.4. The first kappa shape index (κ1) is 23.5. The van der Waals surface area contributed by atoms with Gasteiger partial charge < -0.3 is 14.6 Å². The van der Waals surface area contributed by atoms with E-state index in [2.05, 4.69) is 4.98 Å². The van der Waals surface area contributed by atoms with Gasteiger partial charge in [-0.25, -0.2) is 9.37 Å². The number of anilines is 1. The summed E-state index contributed by atoms with van der Waals surface area (Å²) in [4.78, 5) is 32.5. The Balaban J connectivity index is 1.71. The lowest BCUT2D eigenvalue weighted by Crippen LogP contribution is -2.29. The largest absolute Gasteiger partial charge is 0.507 e. The van der Waals surface area contributed by atoms with Gasteiger partial charge in [0.25, 0.3) is 5.78 Å². The van der Waals surface area contributed by atoms with E-state index in [0.29, 0.717) is 28.1 Å². The molecule has 7 nitrogen and oxygen atoms in total.